The molecule has 0 aromatic heterocycles. The van der Waals surface area contributed by atoms with Gasteiger partial charge in [-0.25, -0.2) is 0 Å². The summed E-state index contributed by atoms with van der Waals surface area (Å²) in [6.45, 7) is 5.19. The van der Waals surface area contributed by atoms with E-state index >= 15 is 0 Å². The highest BCUT2D eigenvalue weighted by molar-refractivity contribution is 5.76. The maximum atomic E-state index is 11.7. The summed E-state index contributed by atoms with van der Waals surface area (Å²) in [4.78, 5) is 34.3. The molecule has 0 aliphatic heterocycles. The third-order valence-electron chi connectivity index (χ3n) is 5.05. The zero-order chi connectivity index (χ0) is 19.3. The molecule has 0 saturated heterocycles. The number of aliphatic hydroxyl groups is 1. The maximum Gasteiger partial charge on any atom is 0.309 e. The molecule has 6 N–H and O–H groups in total. The van der Waals surface area contributed by atoms with Crippen LogP contribution < -0.4 is 11.1 Å². The van der Waals surface area contributed by atoms with Gasteiger partial charge >= 0.3 is 5.97 Å². The molecule has 0 spiro atoms. The van der Waals surface area contributed by atoms with Crippen LogP contribution in [0.15, 0.2) is 5.29 Å². The largest absolute Gasteiger partial charge is 0.481 e. The lowest BCUT2D eigenvalue weighted by Gasteiger charge is -2.38. The van der Waals surface area contributed by atoms with Crippen LogP contribution in [0.1, 0.15) is 40.0 Å². The molecule has 1 fully saturated rings. The number of rotatable bonds is 8. The van der Waals surface area contributed by atoms with Gasteiger partial charge in [0.15, 0.2) is 0 Å². The van der Waals surface area contributed by atoms with Crippen molar-refractivity contribution in [1.29, 1.82) is 5.41 Å². The van der Waals surface area contributed by atoms with Crippen molar-refractivity contribution in [3.8, 4) is 0 Å². The van der Waals surface area contributed by atoms with Crippen LogP contribution in [0.5, 0.6) is 0 Å². The molecule has 10 heteroatoms. The molecule has 0 heterocycles. The molecule has 0 aromatic rings. The van der Waals surface area contributed by atoms with E-state index in [4.69, 9.17) is 11.1 Å². The van der Waals surface area contributed by atoms with Crippen molar-refractivity contribution in [2.24, 2.45) is 28.8 Å². The number of aliphatic carboxylic acids is 1. The van der Waals surface area contributed by atoms with Gasteiger partial charge in [0.1, 0.15) is 0 Å². The maximum absolute atomic E-state index is 11.7. The SMILES string of the molecule is CCC(CC)[C@H](NC(C)=O)[C@@H]1[C@H](O)[C@H](C(=O)O)C[C@H]1N(N=O)C(=N)N. The number of amides is 1. The molecule has 0 bridgehead atoms. The van der Waals surface area contributed by atoms with E-state index in [0.717, 1.165) is 0 Å². The van der Waals surface area contributed by atoms with E-state index < -0.39 is 42.0 Å². The minimum absolute atomic E-state index is 0.0425. The lowest BCUT2D eigenvalue weighted by atomic mass is 9.80. The number of nitroso groups, excluding NO2 is 1. The highest BCUT2D eigenvalue weighted by Crippen LogP contribution is 2.40. The first kappa shape index (κ1) is 20.8. The number of hydrogen-bond acceptors (Lipinski definition) is 6. The first-order chi connectivity index (χ1) is 11.7. The van der Waals surface area contributed by atoms with Gasteiger partial charge in [-0.2, -0.15) is 5.01 Å². The smallest absolute Gasteiger partial charge is 0.309 e. The van der Waals surface area contributed by atoms with E-state index in [0.29, 0.717) is 17.9 Å². The van der Waals surface area contributed by atoms with Crippen molar-refractivity contribution in [2.45, 2.75) is 58.2 Å². The van der Waals surface area contributed by atoms with E-state index in [9.17, 15) is 24.7 Å². The fraction of sp³-hybridized carbons (Fsp3) is 0.800. The predicted molar refractivity (Wildman–Crippen MR) is 90.3 cm³/mol. The minimum Gasteiger partial charge on any atom is -0.481 e. The van der Waals surface area contributed by atoms with Gasteiger partial charge in [-0.15, -0.1) is 4.91 Å². The van der Waals surface area contributed by atoms with Gasteiger partial charge < -0.3 is 21.3 Å². The molecule has 1 saturated carbocycles. The average Bonchev–Trinajstić information content (AvgIpc) is 2.84. The number of nitrogens with two attached hydrogens (primary N) is 1. The number of carboxylic acids is 1. The van der Waals surface area contributed by atoms with Gasteiger partial charge in [-0.1, -0.05) is 26.7 Å². The third kappa shape index (κ3) is 4.44. The minimum atomic E-state index is -1.30. The van der Waals surface area contributed by atoms with Gasteiger partial charge in [0.05, 0.1) is 23.3 Å². The molecule has 142 valence electrons. The molecular weight excluding hydrogens is 330 g/mol. The second kappa shape index (κ2) is 8.75. The second-order valence-electron chi connectivity index (χ2n) is 6.43. The summed E-state index contributed by atoms with van der Waals surface area (Å²) in [5.74, 6) is -4.13. The lowest BCUT2D eigenvalue weighted by molar-refractivity contribution is -0.145. The first-order valence-electron chi connectivity index (χ1n) is 8.33. The summed E-state index contributed by atoms with van der Waals surface area (Å²) in [7, 11) is 0. The number of carboxylic acid groups (broad SMARTS) is 1. The number of hydrogen-bond donors (Lipinski definition) is 5. The molecular formula is C15H27N5O5. The molecule has 5 atom stereocenters. The molecule has 25 heavy (non-hydrogen) atoms. The van der Waals surface area contributed by atoms with Crippen molar-refractivity contribution < 1.29 is 19.8 Å². The standard InChI is InChI=1S/C15H27N5O5/c1-4-8(5-2)12(18-7(3)21)11-10(20(19-25)15(16)17)6-9(13(11)22)14(23)24/h8-13,22H,4-6H2,1-3H3,(H3,16,17)(H,18,21)(H,23,24)/t9-,10-,11-,12+,13-/m1/s1. The van der Waals surface area contributed by atoms with Crippen LogP contribution in [0.3, 0.4) is 0 Å². The number of aliphatic hydroxyl groups excluding tert-OH is 1. The Labute approximate surface area is 146 Å². The Hall–Kier alpha value is -2.23. The number of nitrogens with zero attached hydrogens (tertiary/aromatic N) is 2. The average molecular weight is 357 g/mol. The number of carbonyl (C=O) groups is 2. The van der Waals surface area contributed by atoms with E-state index in [1.165, 1.54) is 6.92 Å². The highest BCUT2D eigenvalue weighted by atomic mass is 16.4. The fourth-order valence-electron chi connectivity index (χ4n) is 3.86. The van der Waals surface area contributed by atoms with Crippen molar-refractivity contribution >= 4 is 17.8 Å². The summed E-state index contributed by atoms with van der Waals surface area (Å²) >= 11 is 0. The Morgan fingerprint density at radius 3 is 2.32 bits per heavy atom. The molecule has 1 aliphatic carbocycles. The van der Waals surface area contributed by atoms with E-state index in [2.05, 4.69) is 10.6 Å². The van der Waals surface area contributed by atoms with Crippen LogP contribution in [0, 0.1) is 28.1 Å². The Morgan fingerprint density at radius 2 is 1.96 bits per heavy atom. The van der Waals surface area contributed by atoms with Crippen LogP contribution in [-0.2, 0) is 9.59 Å². The molecule has 0 radical (unpaired) electrons. The third-order valence-corrected chi connectivity index (χ3v) is 5.05. The van der Waals surface area contributed by atoms with Gasteiger partial charge in [-0.3, -0.25) is 15.0 Å². The lowest BCUT2D eigenvalue weighted by Crippen LogP contribution is -2.54. The van der Waals surface area contributed by atoms with Gasteiger partial charge in [0, 0.05) is 18.9 Å². The van der Waals surface area contributed by atoms with Crippen LogP contribution in [0.25, 0.3) is 0 Å². The normalized spacial score (nSPS) is 26.9. The summed E-state index contributed by atoms with van der Waals surface area (Å²) in [6.07, 6.45) is -0.0283. The Morgan fingerprint density at radius 1 is 1.40 bits per heavy atom. The summed E-state index contributed by atoms with van der Waals surface area (Å²) in [6, 6.07) is -1.45. The van der Waals surface area contributed by atoms with Crippen molar-refractivity contribution in [1.82, 2.24) is 10.3 Å². The first-order valence-corrected chi connectivity index (χ1v) is 8.33. The van der Waals surface area contributed by atoms with Crippen LogP contribution in [0.4, 0.5) is 0 Å². The van der Waals surface area contributed by atoms with Crippen molar-refractivity contribution in [2.75, 3.05) is 0 Å². The second-order valence-corrected chi connectivity index (χ2v) is 6.43. The molecule has 0 aromatic carbocycles. The van der Waals surface area contributed by atoms with Crippen LogP contribution in [-0.4, -0.2) is 51.2 Å². The summed E-state index contributed by atoms with van der Waals surface area (Å²) < 4.78 is 0. The number of carbonyl (C=O) groups excluding carboxylic acids is 1. The van der Waals surface area contributed by atoms with E-state index in [-0.39, 0.29) is 18.2 Å². The van der Waals surface area contributed by atoms with Crippen LogP contribution >= 0.6 is 0 Å². The molecule has 1 amide bonds. The van der Waals surface area contributed by atoms with Gasteiger partial charge in [-0.05, 0) is 12.3 Å². The predicted octanol–water partition coefficient (Wildman–Crippen LogP) is 0.254. The molecule has 10 nitrogen and oxygen atoms in total. The van der Waals surface area contributed by atoms with Crippen molar-refractivity contribution in [3.63, 3.8) is 0 Å². The van der Waals surface area contributed by atoms with Gasteiger partial charge in [0.25, 0.3) is 0 Å². The molecule has 1 rings (SSSR count). The topological polar surface area (TPSA) is 169 Å². The Bertz CT molecular complexity index is 524. The van der Waals surface area contributed by atoms with Crippen LogP contribution in [0.2, 0.25) is 0 Å². The highest BCUT2D eigenvalue weighted by Gasteiger charge is 2.53. The number of guanidine groups is 1. The molecule has 1 aliphatic rings. The summed E-state index contributed by atoms with van der Waals surface area (Å²) in [5, 5.41) is 33.7. The Kier molecular flexibility index (Phi) is 7.28. The van der Waals surface area contributed by atoms with E-state index in [1.807, 2.05) is 13.8 Å². The quantitative estimate of drug-likeness (QED) is 0.179. The van der Waals surface area contributed by atoms with E-state index in [1.54, 1.807) is 0 Å². The zero-order valence-electron chi connectivity index (χ0n) is 14.7. The van der Waals surface area contributed by atoms with Gasteiger partial charge in [0.2, 0.25) is 11.9 Å². The fourth-order valence-corrected chi connectivity index (χ4v) is 3.86. The van der Waals surface area contributed by atoms with Crippen molar-refractivity contribution in [3.05, 3.63) is 4.91 Å². The monoisotopic (exact) mass is 357 g/mol. The number of nitrogens with one attached hydrogen (secondary N) is 2. The molecule has 0 unspecified atom stereocenters. The zero-order valence-corrected chi connectivity index (χ0v) is 14.7. The summed E-state index contributed by atoms with van der Waals surface area (Å²) in [5.41, 5.74) is 5.40. The Balaban J connectivity index is 3.36.